The molecule has 14 heavy (non-hydrogen) atoms. The fourth-order valence-corrected chi connectivity index (χ4v) is 0.322. The molecule has 0 aliphatic carbocycles. The molecule has 0 aliphatic rings. The SMILES string of the molecule is CCCC.CCNC(=O)CC.NC=O. The molecule has 0 unspecified atom stereocenters. The molecule has 0 aromatic rings. The molecule has 2 amide bonds. The van der Waals surface area contributed by atoms with Gasteiger partial charge in [0, 0.05) is 13.0 Å². The van der Waals surface area contributed by atoms with Gasteiger partial charge in [0.25, 0.3) is 0 Å². The summed E-state index contributed by atoms with van der Waals surface area (Å²) in [5.41, 5.74) is 4.17. The summed E-state index contributed by atoms with van der Waals surface area (Å²) >= 11 is 0. The maximum absolute atomic E-state index is 10.3. The van der Waals surface area contributed by atoms with Crippen LogP contribution in [0.15, 0.2) is 0 Å². The molecule has 0 bridgehead atoms. The van der Waals surface area contributed by atoms with Crippen LogP contribution in [0.3, 0.4) is 0 Å². The van der Waals surface area contributed by atoms with E-state index in [9.17, 15) is 4.79 Å². The van der Waals surface area contributed by atoms with Gasteiger partial charge in [-0.1, -0.05) is 33.6 Å². The van der Waals surface area contributed by atoms with Crippen molar-refractivity contribution in [3.05, 3.63) is 0 Å². The van der Waals surface area contributed by atoms with Crippen LogP contribution < -0.4 is 11.1 Å². The average Bonchev–Trinajstić information content (AvgIpc) is 2.20. The third-order valence-corrected chi connectivity index (χ3v) is 1.20. The molecule has 0 spiro atoms. The summed E-state index contributed by atoms with van der Waals surface area (Å²) < 4.78 is 0. The van der Waals surface area contributed by atoms with Crippen molar-refractivity contribution in [1.82, 2.24) is 5.32 Å². The van der Waals surface area contributed by atoms with Crippen LogP contribution in [0.4, 0.5) is 0 Å². The molecule has 4 nitrogen and oxygen atoms in total. The van der Waals surface area contributed by atoms with Gasteiger partial charge < -0.3 is 11.1 Å². The Bertz CT molecular complexity index is 115. The van der Waals surface area contributed by atoms with Crippen molar-refractivity contribution in [2.45, 2.75) is 47.0 Å². The zero-order valence-electron chi connectivity index (χ0n) is 9.80. The zero-order valence-corrected chi connectivity index (χ0v) is 9.80. The number of hydrogen-bond donors (Lipinski definition) is 2. The molecule has 3 N–H and O–H groups in total. The summed E-state index contributed by atoms with van der Waals surface area (Å²) in [6.07, 6.45) is 3.48. The molecule has 0 saturated heterocycles. The number of nitrogens with one attached hydrogen (secondary N) is 1. The highest BCUT2D eigenvalue weighted by atomic mass is 16.1. The zero-order chi connectivity index (χ0) is 11.8. The van der Waals surface area contributed by atoms with Gasteiger partial charge >= 0.3 is 0 Å². The van der Waals surface area contributed by atoms with E-state index < -0.39 is 0 Å². The molecule has 0 aromatic heterocycles. The Morgan fingerprint density at radius 2 is 1.57 bits per heavy atom. The fourth-order valence-electron chi connectivity index (χ4n) is 0.322. The first-order valence-corrected chi connectivity index (χ1v) is 5.06. The van der Waals surface area contributed by atoms with E-state index in [1.54, 1.807) is 0 Å². The van der Waals surface area contributed by atoms with Crippen molar-refractivity contribution in [2.75, 3.05) is 6.54 Å². The monoisotopic (exact) mass is 204 g/mol. The lowest BCUT2D eigenvalue weighted by atomic mass is 10.4. The lowest BCUT2D eigenvalue weighted by molar-refractivity contribution is -0.120. The molecule has 0 aromatic carbocycles. The number of carbonyl (C=O) groups is 2. The van der Waals surface area contributed by atoms with Crippen LogP contribution >= 0.6 is 0 Å². The lowest BCUT2D eigenvalue weighted by Crippen LogP contribution is -2.20. The third-order valence-electron chi connectivity index (χ3n) is 1.20. The minimum absolute atomic E-state index is 0.127. The Balaban J connectivity index is -0.000000147. The van der Waals surface area contributed by atoms with Gasteiger partial charge in [-0.15, -0.1) is 0 Å². The molecule has 0 aliphatic heterocycles. The first-order chi connectivity index (χ1) is 6.64. The van der Waals surface area contributed by atoms with Crippen LogP contribution in [0, 0.1) is 0 Å². The maximum Gasteiger partial charge on any atom is 0.219 e. The predicted octanol–water partition coefficient (Wildman–Crippen LogP) is 1.44. The first kappa shape index (κ1) is 18.7. The summed E-state index contributed by atoms with van der Waals surface area (Å²) in [6.45, 7) is 8.85. The highest BCUT2D eigenvalue weighted by Crippen LogP contribution is 1.76. The van der Waals surface area contributed by atoms with E-state index in [-0.39, 0.29) is 12.3 Å². The Morgan fingerprint density at radius 1 is 1.21 bits per heavy atom. The van der Waals surface area contributed by atoms with Gasteiger partial charge in [-0.25, -0.2) is 0 Å². The van der Waals surface area contributed by atoms with E-state index in [0.29, 0.717) is 6.42 Å². The predicted molar refractivity (Wildman–Crippen MR) is 59.8 cm³/mol. The average molecular weight is 204 g/mol. The first-order valence-electron chi connectivity index (χ1n) is 5.06. The van der Waals surface area contributed by atoms with Crippen LogP contribution in [0.2, 0.25) is 0 Å². The minimum Gasteiger partial charge on any atom is -0.372 e. The topological polar surface area (TPSA) is 72.2 Å². The van der Waals surface area contributed by atoms with Crippen LogP contribution in [0.25, 0.3) is 0 Å². The number of hydrogen-bond acceptors (Lipinski definition) is 2. The number of unbranched alkanes of at least 4 members (excludes halogenated alkanes) is 1. The smallest absolute Gasteiger partial charge is 0.219 e. The fraction of sp³-hybridized carbons (Fsp3) is 0.800. The summed E-state index contributed by atoms with van der Waals surface area (Å²) in [4.78, 5) is 18.9. The van der Waals surface area contributed by atoms with Crippen molar-refractivity contribution in [3.8, 4) is 0 Å². The summed E-state index contributed by atoms with van der Waals surface area (Å²) in [7, 11) is 0. The highest BCUT2D eigenvalue weighted by Gasteiger charge is 1.88. The van der Waals surface area contributed by atoms with Crippen LogP contribution in [0.1, 0.15) is 47.0 Å². The van der Waals surface area contributed by atoms with E-state index in [2.05, 4.69) is 24.9 Å². The number of primary amides is 1. The molecule has 0 saturated carbocycles. The molecular weight excluding hydrogens is 180 g/mol. The molecule has 0 fully saturated rings. The second kappa shape index (κ2) is 22.7. The summed E-state index contributed by atoms with van der Waals surface area (Å²) in [5, 5.41) is 2.66. The van der Waals surface area contributed by atoms with Crippen LogP contribution in [-0.4, -0.2) is 18.9 Å². The van der Waals surface area contributed by atoms with Gasteiger partial charge in [-0.3, -0.25) is 9.59 Å². The Morgan fingerprint density at radius 3 is 1.64 bits per heavy atom. The molecule has 4 heteroatoms. The minimum atomic E-state index is 0.127. The van der Waals surface area contributed by atoms with Gasteiger partial charge in [0.1, 0.15) is 0 Å². The number of carbonyl (C=O) groups excluding carboxylic acids is 2. The van der Waals surface area contributed by atoms with Crippen molar-refractivity contribution in [1.29, 1.82) is 0 Å². The van der Waals surface area contributed by atoms with Gasteiger partial charge in [0.2, 0.25) is 12.3 Å². The van der Waals surface area contributed by atoms with Crippen LogP contribution in [0.5, 0.6) is 0 Å². The lowest BCUT2D eigenvalue weighted by Gasteiger charge is -1.93. The standard InChI is InChI=1S/C5H11NO.C4H10.CH3NO/c1-3-5(7)6-4-2;1-3-4-2;2-1-3/h3-4H2,1-2H3,(H,6,7);3-4H2,1-2H3;1H,(H2,2,3). The molecule has 0 heterocycles. The highest BCUT2D eigenvalue weighted by molar-refractivity contribution is 5.75. The second-order valence-corrected chi connectivity index (χ2v) is 2.44. The van der Waals surface area contributed by atoms with Gasteiger partial charge in [-0.05, 0) is 6.92 Å². The maximum atomic E-state index is 10.3. The molecular formula is C10H24N2O2. The number of nitrogens with two attached hydrogens (primary N) is 1. The van der Waals surface area contributed by atoms with Gasteiger partial charge in [0.05, 0.1) is 0 Å². The van der Waals surface area contributed by atoms with E-state index in [4.69, 9.17) is 4.79 Å². The van der Waals surface area contributed by atoms with Gasteiger partial charge in [0.15, 0.2) is 0 Å². The molecule has 0 atom stereocenters. The number of amides is 2. The Kier molecular flexibility index (Phi) is 30.2. The molecule has 0 rings (SSSR count). The largest absolute Gasteiger partial charge is 0.372 e. The van der Waals surface area contributed by atoms with E-state index in [0.717, 1.165) is 6.54 Å². The summed E-state index contributed by atoms with van der Waals surface area (Å²) in [5.74, 6) is 0.127. The Labute approximate surface area is 87.2 Å². The summed E-state index contributed by atoms with van der Waals surface area (Å²) in [6, 6.07) is 0. The van der Waals surface area contributed by atoms with E-state index in [1.807, 2.05) is 13.8 Å². The molecule has 86 valence electrons. The normalized spacial score (nSPS) is 7.14. The van der Waals surface area contributed by atoms with Crippen molar-refractivity contribution in [3.63, 3.8) is 0 Å². The van der Waals surface area contributed by atoms with E-state index in [1.165, 1.54) is 12.8 Å². The number of rotatable bonds is 3. The second-order valence-electron chi connectivity index (χ2n) is 2.44. The van der Waals surface area contributed by atoms with Crippen molar-refractivity contribution in [2.24, 2.45) is 5.73 Å². The Hall–Kier alpha value is -1.06. The van der Waals surface area contributed by atoms with Crippen molar-refractivity contribution < 1.29 is 9.59 Å². The van der Waals surface area contributed by atoms with Crippen LogP contribution in [-0.2, 0) is 9.59 Å². The van der Waals surface area contributed by atoms with Gasteiger partial charge in [-0.2, -0.15) is 0 Å². The van der Waals surface area contributed by atoms with Crippen molar-refractivity contribution >= 4 is 12.3 Å². The van der Waals surface area contributed by atoms with E-state index >= 15 is 0 Å². The quantitative estimate of drug-likeness (QED) is 0.683. The molecule has 0 radical (unpaired) electrons. The third kappa shape index (κ3) is 44.3.